The molecular weight excluding hydrogens is 1300 g/mol. The first-order valence-electron chi connectivity index (χ1n) is 36.9. The summed E-state index contributed by atoms with van der Waals surface area (Å²) in [4.78, 5) is 192. The molecule has 1 unspecified atom stereocenters. The van der Waals surface area contributed by atoms with Crippen molar-refractivity contribution in [1.29, 1.82) is 0 Å². The number of nitrogens with zero attached hydrogens (tertiary/aromatic N) is 9. The number of aryl methyl sites for hydroxylation is 1. The largest absolute Gasteiger partial charge is 0.343 e. The van der Waals surface area contributed by atoms with E-state index in [0.29, 0.717) is 70.0 Å². The highest BCUT2D eigenvalue weighted by Gasteiger charge is 2.51. The highest BCUT2D eigenvalue weighted by Crippen LogP contribution is 2.37. The predicted octanol–water partition coefficient (Wildman–Crippen LogP) is 4.15. The molecule has 3 aliphatic carbocycles. The number of likely N-dealkylation sites (tertiary alicyclic amines) is 1. The minimum Gasteiger partial charge on any atom is -0.343 e. The van der Waals surface area contributed by atoms with Crippen molar-refractivity contribution in [3.8, 4) is 0 Å². The third-order valence-electron chi connectivity index (χ3n) is 22.4. The Morgan fingerprint density at radius 1 is 0.580 bits per heavy atom. The van der Waals surface area contributed by atoms with Gasteiger partial charge in [0.05, 0.1) is 31.0 Å². The summed E-state index contributed by atoms with van der Waals surface area (Å²) in [5, 5.41) is 8.95. The van der Waals surface area contributed by atoms with Gasteiger partial charge in [-0.1, -0.05) is 110 Å². The molecule has 558 valence electrons. The summed E-state index contributed by atoms with van der Waals surface area (Å²) < 4.78 is 24.8. The fourth-order valence-electron chi connectivity index (χ4n) is 15.8. The number of likely N-dealkylation sites (N-methyl/N-ethyl adjacent to an activating group) is 7. The topological polar surface area (TPSA) is 304 Å². The van der Waals surface area contributed by atoms with Crippen LogP contribution in [0.15, 0.2) is 29.2 Å². The number of carbonyl (C=O) groups excluding carboxylic acids is 12. The molecule has 26 nitrogen and oxygen atoms in total. The number of piperidine rings is 1. The Balaban J connectivity index is 1.28. The summed E-state index contributed by atoms with van der Waals surface area (Å²) in [5.74, 6) is -8.02. The van der Waals surface area contributed by atoms with Crippen LogP contribution in [0.3, 0.4) is 0 Å². The van der Waals surface area contributed by atoms with Crippen molar-refractivity contribution in [2.24, 2.45) is 23.7 Å². The lowest BCUT2D eigenvalue weighted by atomic mass is 9.81. The molecule has 3 saturated heterocycles. The molecule has 27 heteroatoms. The molecule has 1 spiro atoms. The number of fused-ring (bicyclic) bond motifs is 1. The van der Waals surface area contributed by atoms with E-state index in [9.17, 15) is 37.2 Å². The molecule has 3 heterocycles. The van der Waals surface area contributed by atoms with E-state index in [1.165, 1.54) is 88.7 Å². The van der Waals surface area contributed by atoms with Crippen LogP contribution < -0.4 is 16.0 Å². The molecule has 7 rings (SSSR count). The number of benzene rings is 1. The Labute approximate surface area is 593 Å². The van der Waals surface area contributed by atoms with Gasteiger partial charge in [-0.3, -0.25) is 57.5 Å². The van der Waals surface area contributed by atoms with Crippen LogP contribution >= 0.6 is 0 Å². The second-order valence-electron chi connectivity index (χ2n) is 30.3. The molecular formula is C73H116N12O14S. The van der Waals surface area contributed by atoms with E-state index in [0.717, 1.165) is 68.9 Å². The number of sulfone groups is 1. The molecule has 100 heavy (non-hydrogen) atoms. The van der Waals surface area contributed by atoms with Crippen LogP contribution in [0, 0.1) is 23.7 Å². The fraction of sp³-hybridized carbons (Fsp3) is 0.753. The van der Waals surface area contributed by atoms with Crippen molar-refractivity contribution in [2.75, 3.05) is 94.9 Å². The second-order valence-corrected chi connectivity index (χ2v) is 32.3. The van der Waals surface area contributed by atoms with Gasteiger partial charge in [-0.2, -0.15) is 0 Å². The van der Waals surface area contributed by atoms with E-state index < -0.39 is 161 Å². The van der Waals surface area contributed by atoms with Gasteiger partial charge < -0.3 is 60.0 Å². The van der Waals surface area contributed by atoms with Crippen molar-refractivity contribution in [3.63, 3.8) is 0 Å². The molecule has 1 aromatic carbocycles. The Hall–Kier alpha value is -7.19. The van der Waals surface area contributed by atoms with Gasteiger partial charge in [0.25, 0.3) is 0 Å². The predicted molar refractivity (Wildman–Crippen MR) is 377 cm³/mol. The van der Waals surface area contributed by atoms with Crippen molar-refractivity contribution < 1.29 is 66.0 Å². The van der Waals surface area contributed by atoms with Crippen molar-refractivity contribution in [3.05, 3.63) is 29.8 Å². The van der Waals surface area contributed by atoms with Gasteiger partial charge in [-0.25, -0.2) is 8.42 Å². The lowest BCUT2D eigenvalue weighted by molar-refractivity contribution is -0.157. The summed E-state index contributed by atoms with van der Waals surface area (Å²) in [7, 11) is 6.70. The fourth-order valence-corrected chi connectivity index (χ4v) is 16.4. The molecule has 8 atom stereocenters. The average molecular weight is 1420 g/mol. The molecule has 1 aromatic rings. The molecule has 6 fully saturated rings. The summed E-state index contributed by atoms with van der Waals surface area (Å²) in [6.45, 7) is 6.79. The Morgan fingerprint density at radius 3 is 1.76 bits per heavy atom. The summed E-state index contributed by atoms with van der Waals surface area (Å²) in [6.07, 6.45) is 14.2. The van der Waals surface area contributed by atoms with Crippen LogP contribution in [0.4, 0.5) is 0 Å². The van der Waals surface area contributed by atoms with Crippen molar-refractivity contribution >= 4 is 80.7 Å². The number of nitrogens with one attached hydrogen (secondary N) is 3. The standard InChI is InChI=1S/C73H116N12O14S/c1-13-49(4)63-70(95)79(7)46-61(88)77(5)47-62(89)81(9)57(43-51-26-17-14-18-27-51)68(93)78(6)45-59(86)74-54(36-33-50-31-34-53(35-32-50)100(12,98)99)67(92)85-41-25-30-55(85)66(91)76-73(37-21-22-38-73)72(97)83(11)64(52-28-19-15-20-29-52)71(96)82(10)58(69(94)84-39-23-16-24-40-84)44-60(87)80(8)56(42-48(2)3)65(90)75-63/h31-32,34-35,48-49,51-52,54-58,63-64H,13-30,33,36-47H2,1-12H3,(H,74,86)(H,75,90)(H,76,91)/t49-,54-,55?,56-,57-,58-,63-,64-/m0/s1. The Kier molecular flexibility index (Phi) is 28.9. The van der Waals surface area contributed by atoms with E-state index in [1.54, 1.807) is 31.0 Å². The van der Waals surface area contributed by atoms with Gasteiger partial charge in [-0.05, 0) is 125 Å². The lowest BCUT2D eigenvalue weighted by Gasteiger charge is -2.43. The van der Waals surface area contributed by atoms with Crippen LogP contribution in [0.25, 0.3) is 0 Å². The molecule has 6 aliphatic rings. The van der Waals surface area contributed by atoms with Crippen LogP contribution in [0.5, 0.6) is 0 Å². The van der Waals surface area contributed by atoms with E-state index in [-0.39, 0.29) is 74.1 Å². The van der Waals surface area contributed by atoms with Gasteiger partial charge in [0.15, 0.2) is 9.84 Å². The van der Waals surface area contributed by atoms with Crippen LogP contribution in [0.1, 0.15) is 187 Å². The lowest BCUT2D eigenvalue weighted by Crippen LogP contribution is -2.65. The zero-order valence-corrected chi connectivity index (χ0v) is 62.5. The maximum absolute atomic E-state index is 15.8. The van der Waals surface area contributed by atoms with Crippen molar-refractivity contribution in [2.45, 2.75) is 241 Å². The minimum atomic E-state index is -3.54. The highest BCUT2D eigenvalue weighted by atomic mass is 32.2. The minimum absolute atomic E-state index is 0.00964. The van der Waals surface area contributed by atoms with E-state index in [2.05, 4.69) is 16.0 Å². The Morgan fingerprint density at radius 2 is 1.16 bits per heavy atom. The summed E-state index contributed by atoms with van der Waals surface area (Å²) in [6, 6.07) is -2.14. The highest BCUT2D eigenvalue weighted by molar-refractivity contribution is 7.90. The Bertz CT molecular complexity index is 3200. The van der Waals surface area contributed by atoms with E-state index in [1.807, 2.05) is 20.8 Å². The third-order valence-corrected chi connectivity index (χ3v) is 23.5. The maximum atomic E-state index is 15.8. The number of rotatable bonds is 12. The molecule has 3 saturated carbocycles. The van der Waals surface area contributed by atoms with E-state index in [4.69, 9.17) is 0 Å². The van der Waals surface area contributed by atoms with E-state index >= 15 is 28.8 Å². The van der Waals surface area contributed by atoms with Gasteiger partial charge in [-0.15, -0.1) is 0 Å². The molecule has 0 radical (unpaired) electrons. The summed E-state index contributed by atoms with van der Waals surface area (Å²) >= 11 is 0. The maximum Gasteiger partial charge on any atom is 0.248 e. The first-order chi connectivity index (χ1) is 47.3. The monoisotopic (exact) mass is 1420 g/mol. The average Bonchev–Trinajstić information content (AvgIpc) is 1.36. The summed E-state index contributed by atoms with van der Waals surface area (Å²) in [5.41, 5.74) is -0.863. The molecule has 3 aliphatic heterocycles. The van der Waals surface area contributed by atoms with Gasteiger partial charge in [0, 0.05) is 75.2 Å². The SMILES string of the molecule is CC[C@H](C)[C@@H]1NC(=O)[C@H](CC(C)C)N(C)C(=O)C[C@@H](C(=O)N2CCCCC2)N(C)C(=O)[C@H](C2CCCCC2)N(C)C(=O)C2(CCCC2)NC(=O)C2CCCN2C(=O)[C@H](CCc2ccc(S(C)(=O)=O)cc2)NC(=O)CN(C)C(=O)[C@H](CC2CCCCC2)N(C)C(=O)CN(C)C(=O)CN(C)C1=O. The smallest absolute Gasteiger partial charge is 0.248 e. The number of amides is 12. The molecule has 0 aromatic heterocycles. The third kappa shape index (κ3) is 20.3. The second kappa shape index (κ2) is 36.1. The molecule has 12 amide bonds. The zero-order chi connectivity index (χ0) is 73.5. The van der Waals surface area contributed by atoms with Crippen LogP contribution in [-0.4, -0.2) is 266 Å². The first-order valence-corrected chi connectivity index (χ1v) is 38.8. The number of hydrogen-bond donors (Lipinski definition) is 3. The number of carbonyl (C=O) groups is 12. The number of hydrogen-bond acceptors (Lipinski definition) is 14. The van der Waals surface area contributed by atoms with Crippen molar-refractivity contribution in [1.82, 2.24) is 60.0 Å². The van der Waals surface area contributed by atoms with Crippen LogP contribution in [0.2, 0.25) is 0 Å². The normalized spacial score (nSPS) is 26.9. The molecule has 0 bridgehead atoms. The van der Waals surface area contributed by atoms with Gasteiger partial charge in [0.2, 0.25) is 70.9 Å². The zero-order valence-electron chi connectivity index (χ0n) is 61.7. The van der Waals surface area contributed by atoms with Gasteiger partial charge >= 0.3 is 0 Å². The molecule has 3 N–H and O–H groups in total. The quantitative estimate of drug-likeness (QED) is 0.265. The van der Waals surface area contributed by atoms with Gasteiger partial charge in [0.1, 0.15) is 47.8 Å². The van der Waals surface area contributed by atoms with Crippen LogP contribution in [-0.2, 0) is 73.8 Å². The first kappa shape index (κ1) is 80.1.